The predicted octanol–water partition coefficient (Wildman–Crippen LogP) is 2.27. The van der Waals surface area contributed by atoms with Gasteiger partial charge in [-0.2, -0.15) is 0 Å². The maximum absolute atomic E-state index is 8.86. The van der Waals surface area contributed by atoms with E-state index in [0.29, 0.717) is 17.8 Å². The third kappa shape index (κ3) is 0.824. The Morgan fingerprint density at radius 2 is 2.31 bits per heavy atom. The van der Waals surface area contributed by atoms with Crippen LogP contribution < -0.4 is 0 Å². The average molecular weight is 198 g/mol. The first-order valence-corrected chi connectivity index (χ1v) is 5.29. The van der Waals surface area contributed by atoms with Crippen molar-refractivity contribution in [1.82, 2.24) is 0 Å². The Balaban J connectivity index is 1.99. The molecule has 2 saturated carbocycles. The Bertz CT molecular complexity index is 299. The molecule has 3 aliphatic rings. The Morgan fingerprint density at radius 1 is 1.46 bits per heavy atom. The number of fused-ring (bicyclic) bond motifs is 5. The summed E-state index contributed by atoms with van der Waals surface area (Å²) in [6.45, 7) is 0. The minimum absolute atomic E-state index is 0.00356. The third-order valence-corrected chi connectivity index (χ3v) is 4.50. The van der Waals surface area contributed by atoms with E-state index in [4.69, 9.17) is 16.8 Å². The van der Waals surface area contributed by atoms with Crippen LogP contribution in [0.5, 0.6) is 0 Å². The highest BCUT2D eigenvalue weighted by atomic mass is 35.5. The van der Waals surface area contributed by atoms with Crippen LogP contribution in [0.2, 0.25) is 0 Å². The van der Waals surface area contributed by atoms with E-state index in [-0.39, 0.29) is 5.38 Å². The number of hydrogen-bond acceptors (Lipinski definition) is 2. The molecule has 0 radical (unpaired) electrons. The molecule has 0 unspecified atom stereocenters. The van der Waals surface area contributed by atoms with Gasteiger partial charge in [-0.1, -0.05) is 17.3 Å². The molecule has 1 N–H and O–H groups in total. The van der Waals surface area contributed by atoms with Crippen LogP contribution in [0.4, 0.5) is 0 Å². The highest BCUT2D eigenvalue weighted by molar-refractivity contribution is 6.33. The second-order valence-electron chi connectivity index (χ2n) is 4.34. The summed E-state index contributed by atoms with van der Waals surface area (Å²) in [7, 11) is 0. The quantitative estimate of drug-likeness (QED) is 0.275. The molecule has 13 heavy (non-hydrogen) atoms. The van der Waals surface area contributed by atoms with Crippen LogP contribution in [-0.2, 0) is 0 Å². The summed E-state index contributed by atoms with van der Waals surface area (Å²) < 4.78 is 0. The summed E-state index contributed by atoms with van der Waals surface area (Å²) in [4.78, 5) is 0. The Hall–Kier alpha value is -0.500. The van der Waals surface area contributed by atoms with Crippen LogP contribution in [0.1, 0.15) is 12.8 Å². The lowest BCUT2D eigenvalue weighted by Gasteiger charge is -2.28. The fraction of sp³-hybridized carbons (Fsp3) is 0.700. The van der Waals surface area contributed by atoms with Gasteiger partial charge in [0.05, 0.1) is 11.1 Å². The van der Waals surface area contributed by atoms with E-state index < -0.39 is 0 Å². The van der Waals surface area contributed by atoms with Crippen LogP contribution in [0.25, 0.3) is 0 Å². The minimum atomic E-state index is -0.00356. The topological polar surface area (TPSA) is 32.6 Å². The molecule has 3 heteroatoms. The van der Waals surface area contributed by atoms with Crippen molar-refractivity contribution in [3.63, 3.8) is 0 Å². The molecule has 0 heterocycles. The Kier molecular flexibility index (Phi) is 1.51. The van der Waals surface area contributed by atoms with Crippen LogP contribution >= 0.6 is 11.6 Å². The van der Waals surface area contributed by atoms with E-state index in [1.165, 1.54) is 6.42 Å². The molecule has 0 aliphatic heterocycles. The van der Waals surface area contributed by atoms with E-state index >= 15 is 0 Å². The van der Waals surface area contributed by atoms with Crippen LogP contribution in [0.3, 0.4) is 0 Å². The zero-order valence-corrected chi connectivity index (χ0v) is 7.98. The number of nitrogens with zero attached hydrogens (tertiary/aromatic N) is 1. The first-order valence-electron chi connectivity index (χ1n) is 4.85. The fourth-order valence-electron chi connectivity index (χ4n) is 3.42. The summed E-state index contributed by atoms with van der Waals surface area (Å²) in [6.07, 6.45) is 6.84. The van der Waals surface area contributed by atoms with Crippen molar-refractivity contribution in [3.8, 4) is 0 Å². The van der Waals surface area contributed by atoms with Crippen molar-refractivity contribution in [3.05, 3.63) is 12.2 Å². The molecule has 0 amide bonds. The molecular weight excluding hydrogens is 186 g/mol. The summed E-state index contributed by atoms with van der Waals surface area (Å²) in [6, 6.07) is 0. The lowest BCUT2D eigenvalue weighted by molar-refractivity contribution is 0.301. The highest BCUT2D eigenvalue weighted by Gasteiger charge is 2.56. The summed E-state index contributed by atoms with van der Waals surface area (Å²) in [5.74, 6) is 2.34. The molecule has 0 saturated heterocycles. The predicted molar refractivity (Wildman–Crippen MR) is 51.2 cm³/mol. The van der Waals surface area contributed by atoms with Gasteiger partial charge in [-0.3, -0.25) is 0 Å². The molecule has 0 aromatic heterocycles. The number of allylic oxidation sites excluding steroid dienone is 2. The molecule has 70 valence electrons. The molecule has 2 fully saturated rings. The van der Waals surface area contributed by atoms with Crippen molar-refractivity contribution < 1.29 is 5.21 Å². The Morgan fingerprint density at radius 3 is 3.08 bits per heavy atom. The van der Waals surface area contributed by atoms with Crippen molar-refractivity contribution >= 4 is 17.3 Å². The lowest BCUT2D eigenvalue weighted by Crippen LogP contribution is -2.33. The average Bonchev–Trinajstić information content (AvgIpc) is 2.71. The minimum Gasteiger partial charge on any atom is -0.411 e. The van der Waals surface area contributed by atoms with Crippen molar-refractivity contribution in [2.24, 2.45) is 28.8 Å². The smallest absolute Gasteiger partial charge is 0.0788 e. The fourth-order valence-corrected chi connectivity index (χ4v) is 3.91. The first-order chi connectivity index (χ1) is 6.33. The monoisotopic (exact) mass is 197 g/mol. The van der Waals surface area contributed by atoms with Gasteiger partial charge in [0.1, 0.15) is 0 Å². The molecule has 3 aliphatic carbocycles. The molecule has 3 rings (SSSR count). The first kappa shape index (κ1) is 7.86. The van der Waals surface area contributed by atoms with E-state index in [2.05, 4.69) is 17.3 Å². The van der Waals surface area contributed by atoms with Crippen LogP contribution in [0, 0.1) is 23.7 Å². The molecule has 0 aromatic carbocycles. The van der Waals surface area contributed by atoms with Gasteiger partial charge >= 0.3 is 0 Å². The standard InChI is InChI=1S/C10H12ClNO/c11-9-7-4-8(10(9)12-13)6-3-1-2-5(6)7/h1,3,5-9,13H,2,4H2/b12-10-/t5-,6-,7+,8+,9-/m1/s1. The van der Waals surface area contributed by atoms with Gasteiger partial charge < -0.3 is 5.21 Å². The van der Waals surface area contributed by atoms with E-state index in [1.54, 1.807) is 0 Å². The molecule has 5 atom stereocenters. The second-order valence-corrected chi connectivity index (χ2v) is 4.81. The SMILES string of the molecule is O/N=C1/[C@H]2C[C@@H]([C@@H]3CC=C[C@H]32)[C@H]1Cl. The van der Waals surface area contributed by atoms with Crippen molar-refractivity contribution in [2.75, 3.05) is 0 Å². The van der Waals surface area contributed by atoms with Crippen LogP contribution in [0.15, 0.2) is 17.3 Å². The van der Waals surface area contributed by atoms with E-state index in [9.17, 15) is 0 Å². The van der Waals surface area contributed by atoms with Gasteiger partial charge in [-0.15, -0.1) is 11.6 Å². The van der Waals surface area contributed by atoms with E-state index in [1.807, 2.05) is 0 Å². The Labute approximate surface area is 82.3 Å². The van der Waals surface area contributed by atoms with Gasteiger partial charge in [-0.25, -0.2) is 0 Å². The highest BCUT2D eigenvalue weighted by Crippen LogP contribution is 2.56. The van der Waals surface area contributed by atoms with Gasteiger partial charge in [0.2, 0.25) is 0 Å². The number of hydrogen-bond donors (Lipinski definition) is 1. The zero-order valence-electron chi connectivity index (χ0n) is 7.23. The summed E-state index contributed by atoms with van der Waals surface area (Å²) >= 11 is 6.22. The zero-order chi connectivity index (χ0) is 9.00. The summed E-state index contributed by atoms with van der Waals surface area (Å²) in [5.41, 5.74) is 0.833. The number of halogens is 1. The molecule has 2 nitrogen and oxygen atoms in total. The maximum atomic E-state index is 8.86. The lowest BCUT2D eigenvalue weighted by atomic mass is 9.80. The maximum Gasteiger partial charge on any atom is 0.0788 e. The van der Waals surface area contributed by atoms with Gasteiger partial charge in [0.25, 0.3) is 0 Å². The van der Waals surface area contributed by atoms with Gasteiger partial charge in [-0.05, 0) is 30.6 Å². The van der Waals surface area contributed by atoms with Crippen LogP contribution in [-0.4, -0.2) is 16.3 Å². The molecule has 2 bridgehead atoms. The molecule has 0 aromatic rings. The van der Waals surface area contributed by atoms with Crippen molar-refractivity contribution in [2.45, 2.75) is 18.2 Å². The van der Waals surface area contributed by atoms with Crippen molar-refractivity contribution in [1.29, 1.82) is 0 Å². The third-order valence-electron chi connectivity index (χ3n) is 3.96. The number of oxime groups is 1. The molecule has 0 spiro atoms. The van der Waals surface area contributed by atoms with Gasteiger partial charge in [0.15, 0.2) is 0 Å². The molecular formula is C10H12ClNO. The number of alkyl halides is 1. The second kappa shape index (κ2) is 2.50. The summed E-state index contributed by atoms with van der Waals surface area (Å²) in [5, 5.41) is 12.2. The number of rotatable bonds is 0. The van der Waals surface area contributed by atoms with E-state index in [0.717, 1.165) is 18.1 Å². The largest absolute Gasteiger partial charge is 0.411 e. The normalized spacial score (nSPS) is 54.8. The van der Waals surface area contributed by atoms with Gasteiger partial charge in [0, 0.05) is 5.92 Å².